The molecule has 1 atom stereocenters. The molecular formula is C34H35FIN3O4S. The molecule has 2 amide bonds. The summed E-state index contributed by atoms with van der Waals surface area (Å²) in [7, 11) is -4.20. The van der Waals surface area contributed by atoms with Gasteiger partial charge in [0.15, 0.2) is 0 Å². The molecule has 0 aromatic heterocycles. The van der Waals surface area contributed by atoms with Crippen molar-refractivity contribution in [2.75, 3.05) is 10.8 Å². The van der Waals surface area contributed by atoms with E-state index in [1.165, 1.54) is 23.1 Å². The first-order valence-electron chi connectivity index (χ1n) is 14.1. The lowest BCUT2D eigenvalue weighted by Crippen LogP contribution is -2.56. The number of nitrogens with one attached hydrogen (secondary N) is 1. The van der Waals surface area contributed by atoms with Crippen molar-refractivity contribution < 1.29 is 22.4 Å². The SMILES string of the molecule is CC(C)(C)NC(=O)[C@@H](Cc1ccccc1)N(Cc1ccccc1F)C(=O)CN(c1ccc(I)cc1)S(=O)(=O)c1ccccc1. The molecule has 7 nitrogen and oxygen atoms in total. The van der Waals surface area contributed by atoms with Gasteiger partial charge in [0.2, 0.25) is 11.8 Å². The topological polar surface area (TPSA) is 86.8 Å². The van der Waals surface area contributed by atoms with Gasteiger partial charge in [0.05, 0.1) is 10.6 Å². The molecule has 0 aliphatic heterocycles. The largest absolute Gasteiger partial charge is 0.350 e. The van der Waals surface area contributed by atoms with Crippen LogP contribution in [0.3, 0.4) is 0 Å². The second-order valence-electron chi connectivity index (χ2n) is 11.4. The number of halogens is 2. The van der Waals surface area contributed by atoms with Crippen LogP contribution in [0, 0.1) is 9.39 Å². The van der Waals surface area contributed by atoms with Gasteiger partial charge >= 0.3 is 0 Å². The standard InChI is InChI=1S/C34H35FIN3O4S/c1-34(2,3)37-33(41)31(22-25-12-6-4-7-13-25)38(23-26-14-10-11-17-30(26)35)32(40)24-39(28-20-18-27(36)19-21-28)44(42,43)29-15-8-5-9-16-29/h4-21,31H,22-24H2,1-3H3,(H,37,41)/t31-/m1/s1. The molecule has 0 bridgehead atoms. The fourth-order valence-corrected chi connectivity index (χ4v) is 6.47. The molecule has 1 N–H and O–H groups in total. The van der Waals surface area contributed by atoms with E-state index in [0.29, 0.717) is 0 Å². The third-order valence-corrected chi connectivity index (χ3v) is 9.30. The predicted octanol–water partition coefficient (Wildman–Crippen LogP) is 6.18. The van der Waals surface area contributed by atoms with E-state index >= 15 is 4.39 Å². The van der Waals surface area contributed by atoms with Crippen LogP contribution in [0.15, 0.2) is 114 Å². The molecular weight excluding hydrogens is 692 g/mol. The van der Waals surface area contributed by atoms with Crippen LogP contribution in [0.4, 0.5) is 10.1 Å². The zero-order chi connectivity index (χ0) is 31.9. The van der Waals surface area contributed by atoms with Gasteiger partial charge in [-0.25, -0.2) is 12.8 Å². The van der Waals surface area contributed by atoms with Crippen LogP contribution in [-0.2, 0) is 32.6 Å². The van der Waals surface area contributed by atoms with Crippen LogP contribution in [0.1, 0.15) is 31.9 Å². The Labute approximate surface area is 272 Å². The van der Waals surface area contributed by atoms with E-state index in [-0.39, 0.29) is 29.1 Å². The average molecular weight is 728 g/mol. The van der Waals surface area contributed by atoms with E-state index in [1.807, 2.05) is 51.1 Å². The monoisotopic (exact) mass is 727 g/mol. The van der Waals surface area contributed by atoms with E-state index in [1.54, 1.807) is 60.7 Å². The molecule has 0 aliphatic rings. The molecule has 0 spiro atoms. The van der Waals surface area contributed by atoms with Gasteiger partial charge in [0, 0.05) is 27.6 Å². The Morgan fingerprint density at radius 1 is 0.841 bits per heavy atom. The maximum atomic E-state index is 15.0. The minimum atomic E-state index is -4.20. The molecule has 4 aromatic carbocycles. The van der Waals surface area contributed by atoms with Crippen molar-refractivity contribution in [3.05, 3.63) is 130 Å². The highest BCUT2D eigenvalue weighted by atomic mass is 127. The summed E-state index contributed by atoms with van der Waals surface area (Å²) in [6, 6.07) is 28.8. The number of carbonyl (C=O) groups excluding carboxylic acids is 2. The third-order valence-electron chi connectivity index (χ3n) is 6.79. The first kappa shape index (κ1) is 33.1. The number of benzene rings is 4. The van der Waals surface area contributed by atoms with Crippen LogP contribution in [0.25, 0.3) is 0 Å². The van der Waals surface area contributed by atoms with Crippen molar-refractivity contribution in [3.8, 4) is 0 Å². The van der Waals surface area contributed by atoms with Gasteiger partial charge in [0.1, 0.15) is 18.4 Å². The summed E-state index contributed by atoms with van der Waals surface area (Å²) < 4.78 is 44.9. The number of anilines is 1. The molecule has 0 aliphatic carbocycles. The van der Waals surface area contributed by atoms with Gasteiger partial charge in [0.25, 0.3) is 10.0 Å². The van der Waals surface area contributed by atoms with Gasteiger partial charge in [-0.15, -0.1) is 0 Å². The molecule has 0 fully saturated rings. The second-order valence-corrected chi connectivity index (χ2v) is 14.5. The highest BCUT2D eigenvalue weighted by molar-refractivity contribution is 14.1. The molecule has 4 aromatic rings. The number of sulfonamides is 1. The third kappa shape index (κ3) is 8.66. The van der Waals surface area contributed by atoms with Crippen molar-refractivity contribution in [1.29, 1.82) is 0 Å². The number of carbonyl (C=O) groups is 2. The summed E-state index contributed by atoms with van der Waals surface area (Å²) in [5.74, 6) is -1.62. The molecule has 0 unspecified atom stereocenters. The van der Waals surface area contributed by atoms with E-state index in [4.69, 9.17) is 0 Å². The van der Waals surface area contributed by atoms with E-state index in [9.17, 15) is 18.0 Å². The number of hydrogen-bond donors (Lipinski definition) is 1. The van der Waals surface area contributed by atoms with Gasteiger partial charge in [-0.05, 0) is 91.4 Å². The molecule has 0 heterocycles. The first-order valence-corrected chi connectivity index (χ1v) is 16.6. The van der Waals surface area contributed by atoms with Crippen LogP contribution < -0.4 is 9.62 Å². The summed E-state index contributed by atoms with van der Waals surface area (Å²) in [4.78, 5) is 29.6. The number of hydrogen-bond acceptors (Lipinski definition) is 4. The Morgan fingerprint density at radius 2 is 1.41 bits per heavy atom. The van der Waals surface area contributed by atoms with Crippen LogP contribution in [-0.4, -0.2) is 43.3 Å². The van der Waals surface area contributed by atoms with Gasteiger partial charge in [-0.2, -0.15) is 0 Å². The Balaban J connectivity index is 1.82. The molecule has 4 rings (SSSR count). The summed E-state index contributed by atoms with van der Waals surface area (Å²) >= 11 is 2.12. The van der Waals surface area contributed by atoms with Crippen LogP contribution in [0.2, 0.25) is 0 Å². The Hall–Kier alpha value is -3.77. The van der Waals surface area contributed by atoms with Crippen molar-refractivity contribution >= 4 is 50.1 Å². The fraction of sp³-hybridized carbons (Fsp3) is 0.235. The zero-order valence-corrected chi connectivity index (χ0v) is 27.8. The van der Waals surface area contributed by atoms with Crippen molar-refractivity contribution in [1.82, 2.24) is 10.2 Å². The minimum Gasteiger partial charge on any atom is -0.350 e. The zero-order valence-electron chi connectivity index (χ0n) is 24.8. The van der Waals surface area contributed by atoms with Crippen LogP contribution >= 0.6 is 22.6 Å². The van der Waals surface area contributed by atoms with E-state index < -0.39 is 45.8 Å². The average Bonchev–Trinajstić information content (AvgIpc) is 2.99. The Morgan fingerprint density at radius 3 is 2.00 bits per heavy atom. The predicted molar refractivity (Wildman–Crippen MR) is 179 cm³/mol. The normalized spacial score (nSPS) is 12.3. The number of rotatable bonds is 11. The highest BCUT2D eigenvalue weighted by Crippen LogP contribution is 2.26. The van der Waals surface area contributed by atoms with Gasteiger partial charge in [-0.1, -0.05) is 66.7 Å². The van der Waals surface area contributed by atoms with Gasteiger partial charge < -0.3 is 10.2 Å². The Bertz CT molecular complexity index is 1680. The molecule has 230 valence electrons. The second kappa shape index (κ2) is 14.3. The highest BCUT2D eigenvalue weighted by Gasteiger charge is 2.36. The van der Waals surface area contributed by atoms with Crippen molar-refractivity contribution in [3.63, 3.8) is 0 Å². The van der Waals surface area contributed by atoms with E-state index in [2.05, 4.69) is 27.9 Å². The fourth-order valence-electron chi connectivity index (χ4n) is 4.67. The maximum absolute atomic E-state index is 15.0. The molecule has 0 saturated heterocycles. The summed E-state index contributed by atoms with van der Waals surface area (Å²) in [6.07, 6.45) is 0.137. The lowest BCUT2D eigenvalue weighted by atomic mass is 10.0. The van der Waals surface area contributed by atoms with E-state index in [0.717, 1.165) is 13.4 Å². The maximum Gasteiger partial charge on any atom is 0.264 e. The minimum absolute atomic E-state index is 0.0123. The summed E-state index contributed by atoms with van der Waals surface area (Å²) in [5.41, 5.74) is 0.656. The summed E-state index contributed by atoms with van der Waals surface area (Å²) in [5, 5.41) is 2.96. The lowest BCUT2D eigenvalue weighted by molar-refractivity contribution is -0.140. The first-order chi connectivity index (χ1) is 20.8. The van der Waals surface area contributed by atoms with Crippen molar-refractivity contribution in [2.45, 2.75) is 50.2 Å². The lowest BCUT2D eigenvalue weighted by Gasteiger charge is -2.35. The molecule has 44 heavy (non-hydrogen) atoms. The Kier molecular flexibility index (Phi) is 10.8. The van der Waals surface area contributed by atoms with Crippen molar-refractivity contribution in [2.24, 2.45) is 0 Å². The number of nitrogens with zero attached hydrogens (tertiary/aromatic N) is 2. The molecule has 10 heteroatoms. The quantitative estimate of drug-likeness (QED) is 0.187. The smallest absolute Gasteiger partial charge is 0.264 e. The summed E-state index contributed by atoms with van der Waals surface area (Å²) in [6.45, 7) is 4.64. The molecule has 0 radical (unpaired) electrons. The van der Waals surface area contributed by atoms with Crippen LogP contribution in [0.5, 0.6) is 0 Å². The molecule has 0 saturated carbocycles. The van der Waals surface area contributed by atoms with Gasteiger partial charge in [-0.3, -0.25) is 13.9 Å². The number of amides is 2.